The Morgan fingerprint density at radius 3 is 2.83 bits per heavy atom. The third kappa shape index (κ3) is 1.68. The van der Waals surface area contributed by atoms with E-state index in [0.29, 0.717) is 6.54 Å². The second-order valence-corrected chi connectivity index (χ2v) is 6.52. The van der Waals surface area contributed by atoms with E-state index >= 15 is 0 Å². The molecule has 7 heteroatoms. The summed E-state index contributed by atoms with van der Waals surface area (Å²) in [6.45, 7) is 0.446. The molecule has 2 fully saturated rings. The van der Waals surface area contributed by atoms with Gasteiger partial charge in [-0.2, -0.15) is 0 Å². The number of carbonyl (C=O) groups is 2. The molecule has 1 spiro atoms. The van der Waals surface area contributed by atoms with Crippen molar-refractivity contribution in [1.29, 1.82) is 0 Å². The maximum atomic E-state index is 12.3. The molecule has 3 rings (SSSR count). The van der Waals surface area contributed by atoms with Crippen LogP contribution in [-0.2, 0) is 4.79 Å². The summed E-state index contributed by atoms with van der Waals surface area (Å²) in [5.74, 6) is 0.236. The lowest BCUT2D eigenvalue weighted by molar-refractivity contribution is -0.119. The van der Waals surface area contributed by atoms with Crippen molar-refractivity contribution in [3.05, 3.63) is 21.0 Å². The summed E-state index contributed by atoms with van der Waals surface area (Å²) < 4.78 is 0. The van der Waals surface area contributed by atoms with Gasteiger partial charge in [0.05, 0.1) is 16.5 Å². The van der Waals surface area contributed by atoms with E-state index in [0.717, 1.165) is 17.1 Å². The first-order chi connectivity index (χ1) is 8.53. The van der Waals surface area contributed by atoms with E-state index in [4.69, 9.17) is 23.2 Å². The van der Waals surface area contributed by atoms with Crippen molar-refractivity contribution in [1.82, 2.24) is 10.6 Å². The van der Waals surface area contributed by atoms with Gasteiger partial charge in [-0.1, -0.05) is 23.2 Å². The molecule has 0 aromatic carbocycles. The van der Waals surface area contributed by atoms with Crippen LogP contribution in [0.4, 0.5) is 4.79 Å². The Labute approximate surface area is 118 Å². The van der Waals surface area contributed by atoms with Crippen molar-refractivity contribution < 1.29 is 9.59 Å². The van der Waals surface area contributed by atoms with Crippen molar-refractivity contribution in [3.8, 4) is 0 Å². The Morgan fingerprint density at radius 1 is 1.39 bits per heavy atom. The number of amides is 2. The van der Waals surface area contributed by atoms with Crippen molar-refractivity contribution in [3.63, 3.8) is 0 Å². The Hall–Kier alpha value is -0.650. The summed E-state index contributed by atoms with van der Waals surface area (Å²) in [6, 6.07) is -0.231. The molecule has 2 N–H and O–H groups in total. The summed E-state index contributed by atoms with van der Waals surface area (Å²) in [5, 5.41) is 5.96. The minimum atomic E-state index is -0.553. The Balaban J connectivity index is 2.05. The largest absolute Gasteiger partial charge is 0.336 e. The van der Waals surface area contributed by atoms with Gasteiger partial charge in [0.25, 0.3) is 0 Å². The molecule has 0 bridgehead atoms. The molecule has 2 unspecified atom stereocenters. The zero-order valence-electron chi connectivity index (χ0n) is 9.26. The number of carbonyl (C=O) groups excluding carboxylic acids is 2. The van der Waals surface area contributed by atoms with Crippen molar-refractivity contribution in [2.24, 2.45) is 5.92 Å². The molecule has 0 radical (unpaired) electrons. The standard InChI is InChI=1S/C11H10Cl2N2O2S/c12-5-3-6-7(9(16)8(5)13)11(1-2-18-6)4-14-10(17)15-11/h3,7H,1-2,4H2,(H2,14,15,17). The molecular formula is C11H10Cl2N2O2S. The molecule has 2 amide bonds. The van der Waals surface area contributed by atoms with Gasteiger partial charge in [-0.15, -0.1) is 11.8 Å². The highest BCUT2D eigenvalue weighted by Crippen LogP contribution is 2.47. The van der Waals surface area contributed by atoms with E-state index in [-0.39, 0.29) is 21.9 Å². The first-order valence-corrected chi connectivity index (χ1v) is 7.27. The molecule has 2 atom stereocenters. The van der Waals surface area contributed by atoms with E-state index in [1.807, 2.05) is 0 Å². The molecule has 18 heavy (non-hydrogen) atoms. The second-order valence-electron chi connectivity index (χ2n) is 4.57. The fourth-order valence-corrected chi connectivity index (χ4v) is 4.51. The highest BCUT2D eigenvalue weighted by Gasteiger charge is 2.53. The van der Waals surface area contributed by atoms with Gasteiger partial charge in [0.2, 0.25) is 0 Å². The molecule has 4 nitrogen and oxygen atoms in total. The van der Waals surface area contributed by atoms with Crippen molar-refractivity contribution >= 4 is 46.8 Å². The zero-order chi connectivity index (χ0) is 12.9. The predicted octanol–water partition coefficient (Wildman–Crippen LogP) is 1.95. The molecule has 2 saturated heterocycles. The average molecular weight is 305 g/mol. The van der Waals surface area contributed by atoms with E-state index in [9.17, 15) is 9.59 Å². The van der Waals surface area contributed by atoms with Gasteiger partial charge in [0, 0.05) is 12.3 Å². The number of ketones is 1. The molecule has 0 aromatic heterocycles. The molecule has 2 heterocycles. The lowest BCUT2D eigenvalue weighted by atomic mass is 9.77. The number of allylic oxidation sites excluding steroid dienone is 3. The van der Waals surface area contributed by atoms with Gasteiger partial charge in [0.15, 0.2) is 5.78 Å². The topological polar surface area (TPSA) is 58.2 Å². The monoisotopic (exact) mass is 304 g/mol. The van der Waals surface area contributed by atoms with Gasteiger partial charge in [-0.25, -0.2) is 4.79 Å². The maximum absolute atomic E-state index is 12.3. The number of urea groups is 1. The lowest BCUT2D eigenvalue weighted by Crippen LogP contribution is -2.56. The normalized spacial score (nSPS) is 35.2. The van der Waals surface area contributed by atoms with E-state index in [1.165, 1.54) is 0 Å². The number of hydrogen-bond donors (Lipinski definition) is 2. The quantitative estimate of drug-likeness (QED) is 0.719. The average Bonchev–Trinajstić information content (AvgIpc) is 2.68. The van der Waals surface area contributed by atoms with Crippen LogP contribution >= 0.6 is 35.0 Å². The smallest absolute Gasteiger partial charge is 0.315 e. The van der Waals surface area contributed by atoms with Gasteiger partial charge in [0.1, 0.15) is 5.03 Å². The molecule has 2 aliphatic heterocycles. The second kappa shape index (κ2) is 4.18. The first kappa shape index (κ1) is 12.4. The summed E-state index contributed by atoms with van der Waals surface area (Å²) in [7, 11) is 0. The van der Waals surface area contributed by atoms with Gasteiger partial charge < -0.3 is 10.6 Å². The fraction of sp³-hybridized carbons (Fsp3) is 0.455. The molecule has 96 valence electrons. The van der Waals surface area contributed by atoms with Crippen LogP contribution in [0.1, 0.15) is 6.42 Å². The van der Waals surface area contributed by atoms with Crippen LogP contribution in [0.3, 0.4) is 0 Å². The molecule has 3 aliphatic rings. The van der Waals surface area contributed by atoms with E-state index < -0.39 is 11.5 Å². The van der Waals surface area contributed by atoms with Crippen LogP contribution in [0.2, 0.25) is 0 Å². The summed E-state index contributed by atoms with van der Waals surface area (Å²) in [6.07, 6.45) is 2.48. The van der Waals surface area contributed by atoms with Gasteiger partial charge >= 0.3 is 6.03 Å². The fourth-order valence-electron chi connectivity index (χ4n) is 2.67. The number of hydrogen-bond acceptors (Lipinski definition) is 3. The highest BCUT2D eigenvalue weighted by molar-refractivity contribution is 8.03. The molecule has 0 saturated carbocycles. The third-order valence-electron chi connectivity index (χ3n) is 3.54. The number of nitrogens with one attached hydrogen (secondary N) is 2. The summed E-state index contributed by atoms with van der Waals surface area (Å²) in [4.78, 5) is 24.6. The van der Waals surface area contributed by atoms with Crippen LogP contribution in [-0.4, -0.2) is 29.7 Å². The number of rotatable bonds is 0. The van der Waals surface area contributed by atoms with Crippen LogP contribution in [0.25, 0.3) is 0 Å². The van der Waals surface area contributed by atoms with Gasteiger partial charge in [-0.05, 0) is 17.4 Å². The van der Waals surface area contributed by atoms with Crippen LogP contribution < -0.4 is 10.6 Å². The van der Waals surface area contributed by atoms with Crippen molar-refractivity contribution in [2.45, 2.75) is 12.0 Å². The SMILES string of the molecule is O=C1NCC2(CCSC3=CC(Cl)=C(Cl)C(=O)C32)N1. The lowest BCUT2D eigenvalue weighted by Gasteiger charge is -2.41. The predicted molar refractivity (Wildman–Crippen MR) is 71.7 cm³/mol. The highest BCUT2D eigenvalue weighted by atomic mass is 35.5. The van der Waals surface area contributed by atoms with Gasteiger partial charge in [-0.3, -0.25) is 4.79 Å². The van der Waals surface area contributed by atoms with E-state index in [2.05, 4.69) is 10.6 Å². The first-order valence-electron chi connectivity index (χ1n) is 5.53. The minimum absolute atomic E-state index is 0.0634. The Kier molecular flexibility index (Phi) is 2.88. The summed E-state index contributed by atoms with van der Waals surface area (Å²) in [5.41, 5.74) is -0.553. The Morgan fingerprint density at radius 2 is 2.17 bits per heavy atom. The summed E-state index contributed by atoms with van der Waals surface area (Å²) >= 11 is 13.5. The van der Waals surface area contributed by atoms with E-state index in [1.54, 1.807) is 17.8 Å². The number of thioether (sulfide) groups is 1. The number of halogens is 2. The molecule has 0 aromatic rings. The van der Waals surface area contributed by atoms with Crippen LogP contribution in [0, 0.1) is 5.92 Å². The van der Waals surface area contributed by atoms with Crippen LogP contribution in [0.15, 0.2) is 21.0 Å². The Bertz CT molecular complexity index is 517. The molecule has 1 aliphatic carbocycles. The maximum Gasteiger partial charge on any atom is 0.315 e. The number of fused-ring (bicyclic) bond motifs is 2. The number of Topliss-reactive ketones (excluding diaryl/α,β-unsaturated/α-hetero) is 1. The van der Waals surface area contributed by atoms with Crippen LogP contribution in [0.5, 0.6) is 0 Å². The third-order valence-corrected chi connectivity index (χ3v) is 5.42. The zero-order valence-corrected chi connectivity index (χ0v) is 11.6. The minimum Gasteiger partial charge on any atom is -0.336 e. The van der Waals surface area contributed by atoms with Crippen molar-refractivity contribution in [2.75, 3.05) is 12.3 Å². The molecular weight excluding hydrogens is 295 g/mol.